The van der Waals surface area contributed by atoms with Crippen LogP contribution < -0.4 is 10.6 Å². The number of carbonyl (C=O) groups is 4. The van der Waals surface area contributed by atoms with E-state index in [-0.39, 0.29) is 48.1 Å². The van der Waals surface area contributed by atoms with Gasteiger partial charge in [0.05, 0.1) is 23.7 Å². The molecule has 0 spiro atoms. The normalized spacial score (nSPS) is 40.6. The average molecular weight is 406 g/mol. The minimum absolute atomic E-state index is 0.0917. The fourth-order valence-corrected chi connectivity index (χ4v) is 6.81. The Hall–Kier alpha value is -2.12. The summed E-state index contributed by atoms with van der Waals surface area (Å²) in [6.45, 7) is 1.99. The van der Waals surface area contributed by atoms with E-state index in [1.807, 2.05) is 0 Å². The van der Waals surface area contributed by atoms with Crippen LogP contribution in [0.1, 0.15) is 45.4 Å². The van der Waals surface area contributed by atoms with Crippen molar-refractivity contribution in [3.63, 3.8) is 0 Å². The van der Waals surface area contributed by atoms with Gasteiger partial charge in [0.2, 0.25) is 11.8 Å². The molecule has 160 valence electrons. The third-order valence-corrected chi connectivity index (χ3v) is 7.98. The van der Waals surface area contributed by atoms with E-state index in [0.29, 0.717) is 0 Å². The van der Waals surface area contributed by atoms with E-state index in [4.69, 9.17) is 0 Å². The Morgan fingerprint density at radius 2 is 1.17 bits per heavy atom. The lowest BCUT2D eigenvalue weighted by molar-refractivity contribution is -0.150. The second-order valence-corrected chi connectivity index (χ2v) is 9.60. The van der Waals surface area contributed by atoms with Gasteiger partial charge in [0, 0.05) is 12.6 Å². The van der Waals surface area contributed by atoms with Crippen molar-refractivity contribution in [2.45, 2.75) is 51.5 Å². The van der Waals surface area contributed by atoms with Gasteiger partial charge in [-0.25, -0.2) is 0 Å². The van der Waals surface area contributed by atoms with Gasteiger partial charge in [-0.15, -0.1) is 0 Å². The van der Waals surface area contributed by atoms with Gasteiger partial charge in [-0.3, -0.25) is 19.2 Å². The highest BCUT2D eigenvalue weighted by Gasteiger charge is 2.55. The zero-order valence-electron chi connectivity index (χ0n) is 16.7. The predicted molar refractivity (Wildman–Crippen MR) is 102 cm³/mol. The Bertz CT molecular complexity index is 724. The average Bonchev–Trinajstić information content (AvgIpc) is 3.44. The molecule has 0 saturated heterocycles. The zero-order chi connectivity index (χ0) is 20.9. The van der Waals surface area contributed by atoms with Crippen molar-refractivity contribution in [2.75, 3.05) is 6.54 Å². The van der Waals surface area contributed by atoms with Crippen molar-refractivity contribution in [3.05, 3.63) is 0 Å². The highest BCUT2D eigenvalue weighted by molar-refractivity contribution is 5.87. The Labute approximate surface area is 169 Å². The summed E-state index contributed by atoms with van der Waals surface area (Å²) >= 11 is 0. The molecule has 8 heteroatoms. The molecule has 0 aliphatic heterocycles. The van der Waals surface area contributed by atoms with Gasteiger partial charge >= 0.3 is 11.9 Å². The van der Waals surface area contributed by atoms with Crippen molar-refractivity contribution in [1.82, 2.24) is 10.6 Å². The highest BCUT2D eigenvalue weighted by Crippen LogP contribution is 2.53. The van der Waals surface area contributed by atoms with Gasteiger partial charge in [0.15, 0.2) is 0 Å². The Balaban J connectivity index is 1.30. The number of carbonyl (C=O) groups excluding carboxylic acids is 2. The van der Waals surface area contributed by atoms with E-state index in [9.17, 15) is 29.4 Å². The summed E-state index contributed by atoms with van der Waals surface area (Å²) < 4.78 is 0. The molecule has 2 amide bonds. The molecule has 0 heterocycles. The van der Waals surface area contributed by atoms with Gasteiger partial charge in [0.1, 0.15) is 0 Å². The van der Waals surface area contributed by atoms with Crippen LogP contribution in [-0.2, 0) is 19.2 Å². The number of nitrogens with one attached hydrogen (secondary N) is 2. The lowest BCUT2D eigenvalue weighted by Crippen LogP contribution is -2.49. The van der Waals surface area contributed by atoms with Crippen molar-refractivity contribution >= 4 is 23.8 Å². The molecular weight excluding hydrogens is 376 g/mol. The molecule has 4 bridgehead atoms. The summed E-state index contributed by atoms with van der Waals surface area (Å²) in [6.07, 6.45) is 5.18. The smallest absolute Gasteiger partial charge is 0.307 e. The van der Waals surface area contributed by atoms with Crippen LogP contribution in [0.25, 0.3) is 0 Å². The van der Waals surface area contributed by atoms with E-state index in [2.05, 4.69) is 10.6 Å². The first kappa shape index (κ1) is 20.2. The van der Waals surface area contributed by atoms with Crippen LogP contribution in [0, 0.1) is 47.3 Å². The fraction of sp³-hybridized carbons (Fsp3) is 0.810. The van der Waals surface area contributed by atoms with E-state index in [1.54, 1.807) is 6.92 Å². The van der Waals surface area contributed by atoms with E-state index in [1.165, 1.54) is 0 Å². The molecule has 0 aromatic rings. The first-order valence-corrected chi connectivity index (χ1v) is 10.8. The number of hydrogen-bond donors (Lipinski definition) is 4. The Morgan fingerprint density at radius 3 is 1.62 bits per heavy atom. The van der Waals surface area contributed by atoms with Crippen LogP contribution in [0.15, 0.2) is 0 Å². The SMILES string of the molecule is C[C@H](CNC(=O)[C@H]1[C@@H]2CC[C@@H](C2)[C@@H]1C(=O)O)NC(=O)[C@@H]1[C@@H]2CC[C@@H](C2)[C@@H]1C(=O)O. The van der Waals surface area contributed by atoms with E-state index < -0.39 is 35.6 Å². The predicted octanol–water partition coefficient (Wildman–Crippen LogP) is 1.10. The summed E-state index contributed by atoms with van der Waals surface area (Å²) in [5.41, 5.74) is 0. The largest absolute Gasteiger partial charge is 0.481 e. The molecule has 4 saturated carbocycles. The summed E-state index contributed by atoms with van der Waals surface area (Å²) in [5.74, 6) is -4.02. The molecule has 8 nitrogen and oxygen atoms in total. The van der Waals surface area contributed by atoms with Crippen molar-refractivity contribution < 1.29 is 29.4 Å². The van der Waals surface area contributed by atoms with Crippen molar-refractivity contribution in [1.29, 1.82) is 0 Å². The van der Waals surface area contributed by atoms with Gasteiger partial charge in [-0.2, -0.15) is 0 Å². The molecule has 4 aliphatic carbocycles. The van der Waals surface area contributed by atoms with Gasteiger partial charge in [-0.05, 0) is 69.1 Å². The van der Waals surface area contributed by atoms with Crippen LogP contribution in [0.2, 0.25) is 0 Å². The van der Waals surface area contributed by atoms with Crippen LogP contribution >= 0.6 is 0 Å². The molecule has 9 atom stereocenters. The maximum atomic E-state index is 12.7. The van der Waals surface area contributed by atoms with Gasteiger partial charge < -0.3 is 20.8 Å². The fourth-order valence-electron chi connectivity index (χ4n) is 6.81. The first-order chi connectivity index (χ1) is 13.8. The summed E-state index contributed by atoms with van der Waals surface area (Å²) in [4.78, 5) is 48.6. The van der Waals surface area contributed by atoms with Crippen LogP contribution in [0.5, 0.6) is 0 Å². The molecule has 4 aliphatic rings. The topological polar surface area (TPSA) is 133 Å². The van der Waals surface area contributed by atoms with E-state index >= 15 is 0 Å². The minimum Gasteiger partial charge on any atom is -0.481 e. The number of carboxylic acids is 2. The van der Waals surface area contributed by atoms with Gasteiger partial charge in [0.25, 0.3) is 0 Å². The maximum Gasteiger partial charge on any atom is 0.307 e. The third-order valence-electron chi connectivity index (χ3n) is 7.98. The molecule has 0 unspecified atom stereocenters. The van der Waals surface area contributed by atoms with Crippen LogP contribution in [0.3, 0.4) is 0 Å². The molecular formula is C21H30N2O6. The molecule has 4 N–H and O–H groups in total. The van der Waals surface area contributed by atoms with Crippen LogP contribution in [0.4, 0.5) is 0 Å². The molecule has 4 rings (SSSR count). The molecule has 0 aromatic carbocycles. The van der Waals surface area contributed by atoms with Crippen molar-refractivity contribution in [3.8, 4) is 0 Å². The molecule has 29 heavy (non-hydrogen) atoms. The minimum atomic E-state index is -0.894. The number of amides is 2. The number of rotatable bonds is 7. The third kappa shape index (κ3) is 3.51. The van der Waals surface area contributed by atoms with E-state index in [0.717, 1.165) is 38.5 Å². The molecule has 4 fully saturated rings. The Morgan fingerprint density at radius 1 is 0.759 bits per heavy atom. The summed E-state index contributed by atoms with van der Waals surface area (Å²) in [6, 6.07) is -0.345. The second kappa shape index (κ2) is 7.61. The summed E-state index contributed by atoms with van der Waals surface area (Å²) in [5, 5.41) is 24.7. The first-order valence-electron chi connectivity index (χ1n) is 10.8. The monoisotopic (exact) mass is 406 g/mol. The highest BCUT2D eigenvalue weighted by atomic mass is 16.4. The summed E-state index contributed by atoms with van der Waals surface area (Å²) in [7, 11) is 0. The Kier molecular flexibility index (Phi) is 5.29. The zero-order valence-corrected chi connectivity index (χ0v) is 16.7. The lowest BCUT2D eigenvalue weighted by Gasteiger charge is -2.29. The molecule has 0 radical (unpaired) electrons. The maximum absolute atomic E-state index is 12.7. The quantitative estimate of drug-likeness (QED) is 0.500. The number of hydrogen-bond acceptors (Lipinski definition) is 4. The molecule has 0 aromatic heterocycles. The number of aliphatic carboxylic acids is 2. The van der Waals surface area contributed by atoms with Gasteiger partial charge in [-0.1, -0.05) is 0 Å². The standard InChI is InChI=1S/C21H30N2O6/c1-9(23-19(25)15-11-3-5-13(7-11)17(15)21(28)29)8-22-18(24)14-10-2-4-12(6-10)16(14)20(26)27/h9-17H,2-8H2,1H3,(H,22,24)(H,23,25)(H,26,27)(H,28,29)/t9-,10-,11-,12+,13+,14+,15-,16+,17+/m1/s1. The van der Waals surface area contributed by atoms with Crippen LogP contribution in [-0.4, -0.2) is 46.6 Å². The number of carboxylic acid groups (broad SMARTS) is 2. The lowest BCUT2D eigenvalue weighted by atomic mass is 9.78. The van der Waals surface area contributed by atoms with Crippen molar-refractivity contribution in [2.24, 2.45) is 47.3 Å². The number of fused-ring (bicyclic) bond motifs is 4. The second-order valence-electron chi connectivity index (χ2n) is 9.60.